The molecule has 2 N–H and O–H groups in total. The molecule has 0 spiro atoms. The number of nitrogens with one attached hydrogen (secondary N) is 2. The summed E-state index contributed by atoms with van der Waals surface area (Å²) in [5.41, 5.74) is 1.22. The molecule has 0 saturated heterocycles. The molecule has 1 atom stereocenters. The van der Waals surface area contributed by atoms with E-state index < -0.39 is 35.4 Å². The zero-order chi connectivity index (χ0) is 25.9. The molecule has 2 aromatic rings. The summed E-state index contributed by atoms with van der Waals surface area (Å²) in [5, 5.41) is 5.37. The molecule has 2 amide bonds. The van der Waals surface area contributed by atoms with Crippen molar-refractivity contribution in [2.24, 2.45) is 5.92 Å². The molecule has 0 radical (unpaired) electrons. The fourth-order valence-corrected chi connectivity index (χ4v) is 5.23. The van der Waals surface area contributed by atoms with Gasteiger partial charge in [-0.2, -0.15) is 13.2 Å². The van der Waals surface area contributed by atoms with Gasteiger partial charge in [0.15, 0.2) is 0 Å². The molecule has 10 heteroatoms. The Balaban J connectivity index is 1.41. The first-order valence-corrected chi connectivity index (χ1v) is 12.4. The van der Waals surface area contributed by atoms with Gasteiger partial charge >= 0.3 is 6.18 Å². The van der Waals surface area contributed by atoms with Crippen molar-refractivity contribution in [1.29, 1.82) is 0 Å². The summed E-state index contributed by atoms with van der Waals surface area (Å²) in [5.74, 6) is -2.88. The lowest BCUT2D eigenvalue weighted by molar-refractivity contribution is -0.153. The van der Waals surface area contributed by atoms with Crippen molar-refractivity contribution in [3.8, 4) is 0 Å². The first-order valence-electron chi connectivity index (χ1n) is 12.4. The van der Waals surface area contributed by atoms with E-state index in [1.54, 1.807) is 6.07 Å². The number of amides is 2. The number of alkyl halides is 3. The Kier molecular flexibility index (Phi) is 7.90. The van der Waals surface area contributed by atoms with Crippen LogP contribution in [0.5, 0.6) is 0 Å². The number of carbonyl (C=O) groups is 2. The number of carbonyl (C=O) groups excluding carboxylic acids is 2. The molecule has 1 aliphatic heterocycles. The van der Waals surface area contributed by atoms with Crippen molar-refractivity contribution in [2.45, 2.75) is 64.1 Å². The SMILES string of the molecule is Cc1cc(C(=O)N[C@@H](CC2CCCCC2)C(=O)NCCN2CCc3cc(F)ccc32)c(C(F)(F)F)o1. The van der Waals surface area contributed by atoms with Crippen molar-refractivity contribution < 1.29 is 31.6 Å². The lowest BCUT2D eigenvalue weighted by atomic mass is 9.84. The van der Waals surface area contributed by atoms with Gasteiger partial charge in [-0.25, -0.2) is 4.39 Å². The van der Waals surface area contributed by atoms with Crippen molar-refractivity contribution in [1.82, 2.24) is 10.6 Å². The number of benzene rings is 1. The van der Waals surface area contributed by atoms with Gasteiger partial charge < -0.3 is 20.0 Å². The van der Waals surface area contributed by atoms with Gasteiger partial charge in [0, 0.05) is 25.3 Å². The fourth-order valence-electron chi connectivity index (χ4n) is 5.23. The van der Waals surface area contributed by atoms with E-state index in [0.29, 0.717) is 25.9 Å². The van der Waals surface area contributed by atoms with E-state index in [-0.39, 0.29) is 24.0 Å². The molecule has 0 bridgehead atoms. The van der Waals surface area contributed by atoms with Crippen LogP contribution in [0.25, 0.3) is 0 Å². The van der Waals surface area contributed by atoms with Crippen LogP contribution in [0.15, 0.2) is 28.7 Å². The molecule has 6 nitrogen and oxygen atoms in total. The van der Waals surface area contributed by atoms with Crippen LogP contribution >= 0.6 is 0 Å². The van der Waals surface area contributed by atoms with E-state index in [0.717, 1.165) is 49.4 Å². The number of hydrogen-bond acceptors (Lipinski definition) is 4. The molecule has 2 aliphatic rings. The third kappa shape index (κ3) is 6.20. The quantitative estimate of drug-likeness (QED) is 0.492. The standard InChI is InChI=1S/C26H31F4N3O3/c1-16-13-20(23(36-16)26(28,29)30)24(34)32-21(14-17-5-3-2-4-6-17)25(35)31-10-12-33-11-9-18-15-19(27)7-8-22(18)33/h7-8,13,15,17,21H,2-6,9-12,14H2,1H3,(H,31,35)(H,32,34)/t21-/m0/s1. The predicted octanol–water partition coefficient (Wildman–Crippen LogP) is 4.99. The van der Waals surface area contributed by atoms with Crippen LogP contribution in [0, 0.1) is 18.7 Å². The molecule has 36 heavy (non-hydrogen) atoms. The Morgan fingerprint density at radius 2 is 1.92 bits per heavy atom. The summed E-state index contributed by atoms with van der Waals surface area (Å²) in [6.45, 7) is 2.82. The third-order valence-electron chi connectivity index (χ3n) is 6.99. The second kappa shape index (κ2) is 10.9. The average Bonchev–Trinajstić information content (AvgIpc) is 3.42. The second-order valence-corrected chi connectivity index (χ2v) is 9.66. The van der Waals surface area contributed by atoms with Crippen molar-refractivity contribution in [3.05, 3.63) is 52.7 Å². The third-order valence-corrected chi connectivity index (χ3v) is 6.99. The first kappa shape index (κ1) is 26.0. The Labute approximate surface area is 207 Å². The molecule has 2 heterocycles. The highest BCUT2D eigenvalue weighted by Gasteiger charge is 2.40. The normalized spacial score (nSPS) is 17.1. The minimum atomic E-state index is -4.82. The summed E-state index contributed by atoms with van der Waals surface area (Å²) in [7, 11) is 0. The molecule has 196 valence electrons. The van der Waals surface area contributed by atoms with E-state index in [4.69, 9.17) is 4.42 Å². The van der Waals surface area contributed by atoms with Gasteiger partial charge in [-0.15, -0.1) is 0 Å². The fraction of sp³-hybridized carbons (Fsp3) is 0.538. The van der Waals surface area contributed by atoms with E-state index in [1.165, 1.54) is 19.1 Å². The molecule has 4 rings (SSSR count). The maximum atomic E-state index is 13.5. The first-order chi connectivity index (χ1) is 17.1. The number of rotatable bonds is 8. The zero-order valence-corrected chi connectivity index (χ0v) is 20.2. The van der Waals surface area contributed by atoms with Crippen LogP contribution in [-0.2, 0) is 17.4 Å². The molecule has 1 fully saturated rings. The predicted molar refractivity (Wildman–Crippen MR) is 126 cm³/mol. The number of fused-ring (bicyclic) bond motifs is 1. The number of anilines is 1. The largest absolute Gasteiger partial charge is 0.456 e. The van der Waals surface area contributed by atoms with Crippen molar-refractivity contribution >= 4 is 17.5 Å². The number of halogens is 4. The molecule has 1 aliphatic carbocycles. The highest BCUT2D eigenvalue weighted by atomic mass is 19.4. The second-order valence-electron chi connectivity index (χ2n) is 9.66. The summed E-state index contributed by atoms with van der Waals surface area (Å²) >= 11 is 0. The Morgan fingerprint density at radius 1 is 1.17 bits per heavy atom. The maximum Gasteiger partial charge on any atom is 0.450 e. The highest BCUT2D eigenvalue weighted by molar-refractivity contribution is 5.98. The molecule has 0 unspecified atom stereocenters. The molecule has 1 saturated carbocycles. The van der Waals surface area contributed by atoms with Gasteiger partial charge in [-0.05, 0) is 55.5 Å². The zero-order valence-electron chi connectivity index (χ0n) is 20.2. The Morgan fingerprint density at radius 3 is 2.64 bits per heavy atom. The number of aryl methyl sites for hydroxylation is 1. The van der Waals surface area contributed by atoms with Crippen LogP contribution in [0.3, 0.4) is 0 Å². The lowest BCUT2D eigenvalue weighted by Gasteiger charge is -2.27. The molecular formula is C26H31F4N3O3. The van der Waals surface area contributed by atoms with Gasteiger partial charge in [0.05, 0.1) is 5.56 Å². The van der Waals surface area contributed by atoms with Crippen molar-refractivity contribution in [3.63, 3.8) is 0 Å². The number of nitrogens with zero attached hydrogens (tertiary/aromatic N) is 1. The Hall–Kier alpha value is -3.04. The maximum absolute atomic E-state index is 13.5. The van der Waals surface area contributed by atoms with E-state index >= 15 is 0 Å². The van der Waals surface area contributed by atoms with Crippen LogP contribution in [0.1, 0.15) is 66.0 Å². The van der Waals surface area contributed by atoms with Crippen LogP contribution in [0.4, 0.5) is 23.2 Å². The topological polar surface area (TPSA) is 74.6 Å². The van der Waals surface area contributed by atoms with E-state index in [2.05, 4.69) is 10.6 Å². The van der Waals surface area contributed by atoms with Crippen LogP contribution < -0.4 is 15.5 Å². The Bertz CT molecular complexity index is 1090. The lowest BCUT2D eigenvalue weighted by Crippen LogP contribution is -2.49. The summed E-state index contributed by atoms with van der Waals surface area (Å²) in [4.78, 5) is 28.0. The molecular weight excluding hydrogens is 478 g/mol. The number of hydrogen-bond donors (Lipinski definition) is 2. The molecule has 1 aromatic heterocycles. The summed E-state index contributed by atoms with van der Waals surface area (Å²) in [6.07, 6.45) is 1.26. The van der Waals surface area contributed by atoms with Crippen LogP contribution in [-0.4, -0.2) is 37.5 Å². The summed E-state index contributed by atoms with van der Waals surface area (Å²) < 4.78 is 58.3. The van der Waals surface area contributed by atoms with Crippen LogP contribution in [0.2, 0.25) is 0 Å². The van der Waals surface area contributed by atoms with Gasteiger partial charge in [0.2, 0.25) is 11.7 Å². The molecule has 1 aromatic carbocycles. The highest BCUT2D eigenvalue weighted by Crippen LogP contribution is 2.34. The van der Waals surface area contributed by atoms with E-state index in [9.17, 15) is 27.2 Å². The summed E-state index contributed by atoms with van der Waals surface area (Å²) in [6, 6.07) is 4.71. The monoisotopic (exact) mass is 509 g/mol. The minimum Gasteiger partial charge on any atom is -0.456 e. The van der Waals surface area contributed by atoms with Gasteiger partial charge in [0.1, 0.15) is 17.6 Å². The van der Waals surface area contributed by atoms with Gasteiger partial charge in [0.25, 0.3) is 5.91 Å². The average molecular weight is 510 g/mol. The number of furan rings is 1. The minimum absolute atomic E-state index is 0.0356. The van der Waals surface area contributed by atoms with Crippen molar-refractivity contribution in [2.75, 3.05) is 24.5 Å². The van der Waals surface area contributed by atoms with Gasteiger partial charge in [-0.3, -0.25) is 9.59 Å². The van der Waals surface area contributed by atoms with E-state index in [1.807, 2.05) is 4.90 Å². The smallest absolute Gasteiger partial charge is 0.450 e. The van der Waals surface area contributed by atoms with Gasteiger partial charge in [-0.1, -0.05) is 32.1 Å².